The van der Waals surface area contributed by atoms with Gasteiger partial charge in [-0.05, 0) is 38.6 Å². The quantitative estimate of drug-likeness (QED) is 0.447. The Bertz CT molecular complexity index is 136. The zero-order valence-electron chi connectivity index (χ0n) is 8.89. The fourth-order valence-electron chi connectivity index (χ4n) is 1.41. The Balaban J connectivity index is 1.75. The first-order chi connectivity index (χ1) is 6.43. The predicted octanol–water partition coefficient (Wildman–Crippen LogP) is 3.27. The minimum Gasteiger partial charge on any atom is -0.314 e. The molecule has 1 nitrogen and oxygen atoms in total. The lowest BCUT2D eigenvalue weighted by atomic mass is 10.2. The molecule has 0 aromatic heterocycles. The van der Waals surface area contributed by atoms with Gasteiger partial charge in [-0.15, -0.1) is 0 Å². The summed E-state index contributed by atoms with van der Waals surface area (Å²) in [6.45, 7) is 3.43. The maximum atomic E-state index is 3.51. The SMILES string of the molecule is CCCCCC=CCCNC1CC1. The van der Waals surface area contributed by atoms with Gasteiger partial charge in [0.25, 0.3) is 0 Å². The second-order valence-corrected chi connectivity index (χ2v) is 3.98. The monoisotopic (exact) mass is 181 g/mol. The second-order valence-electron chi connectivity index (χ2n) is 3.98. The third-order valence-corrected chi connectivity index (χ3v) is 2.46. The smallest absolute Gasteiger partial charge is 0.00683 e. The van der Waals surface area contributed by atoms with Gasteiger partial charge in [0, 0.05) is 6.04 Å². The number of rotatable bonds is 8. The molecule has 1 heteroatoms. The molecule has 13 heavy (non-hydrogen) atoms. The van der Waals surface area contributed by atoms with Gasteiger partial charge in [0.05, 0.1) is 0 Å². The summed E-state index contributed by atoms with van der Waals surface area (Å²) in [6.07, 6.45) is 14.0. The Morgan fingerprint density at radius 1 is 1.15 bits per heavy atom. The van der Waals surface area contributed by atoms with Crippen LogP contribution in [0.4, 0.5) is 0 Å². The Morgan fingerprint density at radius 2 is 1.92 bits per heavy atom. The highest BCUT2D eigenvalue weighted by Crippen LogP contribution is 2.18. The number of unbranched alkanes of at least 4 members (excludes halogenated alkanes) is 3. The molecule has 1 aliphatic rings. The molecule has 0 saturated heterocycles. The first kappa shape index (κ1) is 10.8. The van der Waals surface area contributed by atoms with E-state index >= 15 is 0 Å². The van der Waals surface area contributed by atoms with Crippen molar-refractivity contribution in [3.8, 4) is 0 Å². The molecule has 1 N–H and O–H groups in total. The van der Waals surface area contributed by atoms with Crippen molar-refractivity contribution in [2.45, 2.75) is 57.9 Å². The van der Waals surface area contributed by atoms with Crippen LogP contribution in [0.2, 0.25) is 0 Å². The minimum atomic E-state index is 0.869. The molecule has 0 aliphatic heterocycles. The predicted molar refractivity (Wildman–Crippen MR) is 58.9 cm³/mol. The van der Waals surface area contributed by atoms with Crippen LogP contribution in [0.15, 0.2) is 12.2 Å². The van der Waals surface area contributed by atoms with Gasteiger partial charge in [0.2, 0.25) is 0 Å². The molecule has 1 fully saturated rings. The number of allylic oxidation sites excluding steroid dienone is 1. The highest BCUT2D eigenvalue weighted by atomic mass is 14.9. The van der Waals surface area contributed by atoms with Crippen LogP contribution >= 0.6 is 0 Å². The van der Waals surface area contributed by atoms with E-state index in [4.69, 9.17) is 0 Å². The van der Waals surface area contributed by atoms with E-state index in [-0.39, 0.29) is 0 Å². The summed E-state index contributed by atoms with van der Waals surface area (Å²) in [6, 6.07) is 0.869. The van der Waals surface area contributed by atoms with Crippen LogP contribution in [0.25, 0.3) is 0 Å². The third-order valence-electron chi connectivity index (χ3n) is 2.46. The molecule has 1 aliphatic carbocycles. The van der Waals surface area contributed by atoms with E-state index in [1.165, 1.54) is 51.5 Å². The van der Waals surface area contributed by atoms with Crippen LogP contribution in [0.5, 0.6) is 0 Å². The van der Waals surface area contributed by atoms with Gasteiger partial charge in [-0.1, -0.05) is 31.9 Å². The van der Waals surface area contributed by atoms with Gasteiger partial charge in [0.15, 0.2) is 0 Å². The van der Waals surface area contributed by atoms with Gasteiger partial charge in [-0.2, -0.15) is 0 Å². The highest BCUT2D eigenvalue weighted by Gasteiger charge is 2.18. The van der Waals surface area contributed by atoms with Crippen molar-refractivity contribution in [1.29, 1.82) is 0 Å². The van der Waals surface area contributed by atoms with Gasteiger partial charge in [0.1, 0.15) is 0 Å². The van der Waals surface area contributed by atoms with Crippen molar-refractivity contribution in [2.75, 3.05) is 6.54 Å². The first-order valence-corrected chi connectivity index (χ1v) is 5.82. The zero-order valence-corrected chi connectivity index (χ0v) is 8.89. The van der Waals surface area contributed by atoms with Gasteiger partial charge >= 0.3 is 0 Å². The standard InChI is InChI=1S/C12H23N/c1-2-3-4-5-6-7-8-11-13-12-9-10-12/h6-7,12-13H,2-5,8-11H2,1H3. The molecule has 0 aromatic carbocycles. The number of nitrogens with one attached hydrogen (secondary N) is 1. The molecule has 0 aromatic rings. The average molecular weight is 181 g/mol. The fourth-order valence-corrected chi connectivity index (χ4v) is 1.41. The van der Waals surface area contributed by atoms with E-state index in [0.717, 1.165) is 6.04 Å². The third kappa shape index (κ3) is 6.83. The summed E-state index contributed by atoms with van der Waals surface area (Å²) in [5, 5.41) is 3.51. The van der Waals surface area contributed by atoms with Crippen LogP contribution < -0.4 is 5.32 Å². The van der Waals surface area contributed by atoms with Crippen LogP contribution in [-0.2, 0) is 0 Å². The van der Waals surface area contributed by atoms with E-state index in [1.54, 1.807) is 0 Å². The molecule has 0 unspecified atom stereocenters. The zero-order chi connectivity index (χ0) is 9.36. The molecule has 0 amide bonds. The van der Waals surface area contributed by atoms with Crippen molar-refractivity contribution < 1.29 is 0 Å². The topological polar surface area (TPSA) is 12.0 Å². The van der Waals surface area contributed by atoms with E-state index in [9.17, 15) is 0 Å². The van der Waals surface area contributed by atoms with Crippen LogP contribution in [-0.4, -0.2) is 12.6 Å². The molecule has 0 bridgehead atoms. The van der Waals surface area contributed by atoms with Crippen molar-refractivity contribution in [2.24, 2.45) is 0 Å². The Kier molecular flexibility index (Phi) is 5.92. The van der Waals surface area contributed by atoms with Crippen LogP contribution in [0, 0.1) is 0 Å². The summed E-state index contributed by atoms with van der Waals surface area (Å²) < 4.78 is 0. The Hall–Kier alpha value is -0.300. The first-order valence-electron chi connectivity index (χ1n) is 5.82. The Morgan fingerprint density at radius 3 is 2.62 bits per heavy atom. The normalized spacial score (nSPS) is 17.0. The summed E-state index contributed by atoms with van der Waals surface area (Å²) in [7, 11) is 0. The van der Waals surface area contributed by atoms with Gasteiger partial charge in [-0.3, -0.25) is 0 Å². The molecule has 0 spiro atoms. The lowest BCUT2D eigenvalue weighted by Gasteiger charge is -1.97. The summed E-state index contributed by atoms with van der Waals surface area (Å²) >= 11 is 0. The van der Waals surface area contributed by atoms with Crippen molar-refractivity contribution in [1.82, 2.24) is 5.32 Å². The molecule has 0 heterocycles. The Labute approximate surface area is 82.6 Å². The lowest BCUT2D eigenvalue weighted by Crippen LogP contribution is -2.16. The van der Waals surface area contributed by atoms with Crippen molar-refractivity contribution in [3.05, 3.63) is 12.2 Å². The summed E-state index contributed by atoms with van der Waals surface area (Å²) in [5.74, 6) is 0. The largest absolute Gasteiger partial charge is 0.314 e. The maximum absolute atomic E-state index is 3.51. The average Bonchev–Trinajstić information content (AvgIpc) is 2.93. The summed E-state index contributed by atoms with van der Waals surface area (Å²) in [5.41, 5.74) is 0. The van der Waals surface area contributed by atoms with Crippen LogP contribution in [0.1, 0.15) is 51.9 Å². The molecular weight excluding hydrogens is 158 g/mol. The fraction of sp³-hybridized carbons (Fsp3) is 0.833. The minimum absolute atomic E-state index is 0.869. The molecule has 76 valence electrons. The molecule has 0 atom stereocenters. The van der Waals surface area contributed by atoms with Crippen molar-refractivity contribution >= 4 is 0 Å². The second kappa shape index (κ2) is 7.14. The maximum Gasteiger partial charge on any atom is 0.00683 e. The lowest BCUT2D eigenvalue weighted by molar-refractivity contribution is 0.687. The van der Waals surface area contributed by atoms with E-state index in [0.29, 0.717) is 0 Å². The highest BCUT2D eigenvalue weighted by molar-refractivity contribution is 4.85. The van der Waals surface area contributed by atoms with Crippen molar-refractivity contribution in [3.63, 3.8) is 0 Å². The van der Waals surface area contributed by atoms with E-state index < -0.39 is 0 Å². The van der Waals surface area contributed by atoms with Crippen LogP contribution in [0.3, 0.4) is 0 Å². The molecular formula is C12H23N. The molecule has 1 saturated carbocycles. The van der Waals surface area contributed by atoms with E-state index in [2.05, 4.69) is 24.4 Å². The number of hydrogen-bond donors (Lipinski definition) is 1. The van der Waals surface area contributed by atoms with Gasteiger partial charge in [-0.25, -0.2) is 0 Å². The summed E-state index contributed by atoms with van der Waals surface area (Å²) in [4.78, 5) is 0. The van der Waals surface area contributed by atoms with E-state index in [1.807, 2.05) is 0 Å². The number of hydrogen-bond acceptors (Lipinski definition) is 1. The molecule has 0 radical (unpaired) electrons. The van der Waals surface area contributed by atoms with Gasteiger partial charge < -0.3 is 5.32 Å². The molecule has 1 rings (SSSR count).